The second kappa shape index (κ2) is 7.63. The molecule has 1 aliphatic rings. The van der Waals surface area contributed by atoms with Crippen molar-refractivity contribution in [2.24, 2.45) is 7.05 Å². The van der Waals surface area contributed by atoms with Gasteiger partial charge in [0, 0.05) is 44.4 Å². The first-order chi connectivity index (χ1) is 12.0. The third-order valence-corrected chi connectivity index (χ3v) is 4.58. The Bertz CT molecular complexity index is 772. The highest BCUT2D eigenvalue weighted by molar-refractivity contribution is 5.41. The van der Waals surface area contributed by atoms with Gasteiger partial charge < -0.3 is 10.2 Å². The molecule has 0 aliphatic carbocycles. The zero-order chi connectivity index (χ0) is 17.8. The SMILES string of the molecule is CC(C)c1nccc(NCC2CCCCN2c2ccc(=O)n(C)n2)n1. The zero-order valence-corrected chi connectivity index (χ0v) is 15.1. The fourth-order valence-electron chi connectivity index (χ4n) is 3.13. The van der Waals surface area contributed by atoms with Crippen LogP contribution in [-0.4, -0.2) is 38.9 Å². The van der Waals surface area contributed by atoms with Crippen LogP contribution < -0.4 is 15.8 Å². The maximum absolute atomic E-state index is 11.6. The molecule has 1 N–H and O–H groups in total. The minimum atomic E-state index is -0.0855. The van der Waals surface area contributed by atoms with E-state index in [0.717, 1.165) is 43.4 Å². The van der Waals surface area contributed by atoms with Crippen molar-refractivity contribution in [1.82, 2.24) is 19.7 Å². The lowest BCUT2D eigenvalue weighted by Crippen LogP contribution is -2.45. The minimum absolute atomic E-state index is 0.0855. The van der Waals surface area contributed by atoms with Gasteiger partial charge in [-0.15, -0.1) is 0 Å². The average Bonchev–Trinajstić information content (AvgIpc) is 2.63. The first kappa shape index (κ1) is 17.4. The Balaban J connectivity index is 1.72. The standard InChI is InChI=1S/C18H26N6O/c1-13(2)18-19-10-9-15(21-18)20-12-14-6-4-5-11-24(14)16-7-8-17(25)23(3)22-16/h7-10,13-14H,4-6,11-12H2,1-3H3,(H,19,20,21). The summed E-state index contributed by atoms with van der Waals surface area (Å²) in [6.45, 7) is 5.93. The number of aromatic nitrogens is 4. The van der Waals surface area contributed by atoms with Crippen molar-refractivity contribution in [2.45, 2.75) is 45.1 Å². The fourth-order valence-corrected chi connectivity index (χ4v) is 3.13. The number of nitrogens with one attached hydrogen (secondary N) is 1. The normalized spacial score (nSPS) is 17.8. The van der Waals surface area contributed by atoms with Crippen LogP contribution in [0.25, 0.3) is 0 Å². The molecule has 1 fully saturated rings. The number of hydrogen-bond acceptors (Lipinski definition) is 6. The molecule has 25 heavy (non-hydrogen) atoms. The van der Waals surface area contributed by atoms with Crippen LogP contribution in [0.5, 0.6) is 0 Å². The molecule has 0 amide bonds. The molecule has 2 aromatic rings. The maximum atomic E-state index is 11.6. The molecular formula is C18H26N6O. The summed E-state index contributed by atoms with van der Waals surface area (Å²) in [4.78, 5) is 22.8. The lowest BCUT2D eigenvalue weighted by atomic mass is 10.0. The summed E-state index contributed by atoms with van der Waals surface area (Å²) in [5.74, 6) is 2.88. The van der Waals surface area contributed by atoms with Crippen molar-refractivity contribution in [1.29, 1.82) is 0 Å². The highest BCUT2D eigenvalue weighted by Crippen LogP contribution is 2.22. The number of aryl methyl sites for hydroxylation is 1. The van der Waals surface area contributed by atoms with E-state index in [0.29, 0.717) is 12.0 Å². The highest BCUT2D eigenvalue weighted by atomic mass is 16.1. The van der Waals surface area contributed by atoms with Crippen molar-refractivity contribution >= 4 is 11.6 Å². The Hall–Kier alpha value is -2.44. The number of anilines is 2. The molecule has 0 spiro atoms. The fraction of sp³-hybridized carbons (Fsp3) is 0.556. The van der Waals surface area contributed by atoms with Crippen LogP contribution in [0.15, 0.2) is 29.2 Å². The van der Waals surface area contributed by atoms with Gasteiger partial charge in [0.1, 0.15) is 17.5 Å². The minimum Gasteiger partial charge on any atom is -0.368 e. The van der Waals surface area contributed by atoms with E-state index in [1.54, 1.807) is 19.3 Å². The Morgan fingerprint density at radius 3 is 2.88 bits per heavy atom. The lowest BCUT2D eigenvalue weighted by Gasteiger charge is -2.36. The molecule has 7 heteroatoms. The molecule has 1 aliphatic heterocycles. The average molecular weight is 342 g/mol. The van der Waals surface area contributed by atoms with Gasteiger partial charge in [-0.3, -0.25) is 4.79 Å². The predicted molar refractivity (Wildman–Crippen MR) is 99.1 cm³/mol. The van der Waals surface area contributed by atoms with Gasteiger partial charge in [-0.2, -0.15) is 5.10 Å². The molecule has 3 heterocycles. The van der Waals surface area contributed by atoms with E-state index < -0.39 is 0 Å². The second-order valence-corrected chi connectivity index (χ2v) is 6.83. The first-order valence-electron chi connectivity index (χ1n) is 8.92. The van der Waals surface area contributed by atoms with Crippen LogP contribution in [0.1, 0.15) is 44.9 Å². The third-order valence-electron chi connectivity index (χ3n) is 4.58. The van der Waals surface area contributed by atoms with Crippen LogP contribution in [0.2, 0.25) is 0 Å². The van der Waals surface area contributed by atoms with Gasteiger partial charge >= 0.3 is 0 Å². The molecule has 1 atom stereocenters. The van der Waals surface area contributed by atoms with E-state index in [4.69, 9.17) is 0 Å². The lowest BCUT2D eigenvalue weighted by molar-refractivity contribution is 0.464. The molecule has 2 aromatic heterocycles. The molecule has 0 radical (unpaired) electrons. The Morgan fingerprint density at radius 2 is 2.12 bits per heavy atom. The molecular weight excluding hydrogens is 316 g/mol. The molecule has 1 unspecified atom stereocenters. The number of piperidine rings is 1. The number of nitrogens with zero attached hydrogens (tertiary/aromatic N) is 5. The van der Waals surface area contributed by atoms with Gasteiger partial charge in [0.2, 0.25) is 0 Å². The van der Waals surface area contributed by atoms with Gasteiger partial charge in [-0.05, 0) is 31.4 Å². The van der Waals surface area contributed by atoms with Crippen molar-refractivity contribution < 1.29 is 0 Å². The van der Waals surface area contributed by atoms with Gasteiger partial charge in [0.25, 0.3) is 5.56 Å². The predicted octanol–water partition coefficient (Wildman–Crippen LogP) is 2.16. The van der Waals surface area contributed by atoms with E-state index >= 15 is 0 Å². The van der Waals surface area contributed by atoms with E-state index in [1.807, 2.05) is 12.1 Å². The van der Waals surface area contributed by atoms with Gasteiger partial charge in [-0.25, -0.2) is 14.6 Å². The summed E-state index contributed by atoms with van der Waals surface area (Å²) in [6, 6.07) is 5.64. The van der Waals surface area contributed by atoms with E-state index in [9.17, 15) is 4.79 Å². The van der Waals surface area contributed by atoms with Crippen molar-refractivity contribution in [3.63, 3.8) is 0 Å². The van der Waals surface area contributed by atoms with Gasteiger partial charge in [-0.1, -0.05) is 13.8 Å². The molecule has 0 aromatic carbocycles. The molecule has 0 bridgehead atoms. The summed E-state index contributed by atoms with van der Waals surface area (Å²) in [7, 11) is 1.69. The number of hydrogen-bond donors (Lipinski definition) is 1. The first-order valence-corrected chi connectivity index (χ1v) is 8.92. The summed E-state index contributed by atoms with van der Waals surface area (Å²) < 4.78 is 1.40. The van der Waals surface area contributed by atoms with Crippen LogP contribution in [0, 0.1) is 0 Å². The molecule has 1 saturated heterocycles. The van der Waals surface area contributed by atoms with E-state index in [-0.39, 0.29) is 5.56 Å². The largest absolute Gasteiger partial charge is 0.368 e. The molecule has 3 rings (SSSR count). The van der Waals surface area contributed by atoms with Crippen LogP contribution in [0.4, 0.5) is 11.6 Å². The smallest absolute Gasteiger partial charge is 0.266 e. The highest BCUT2D eigenvalue weighted by Gasteiger charge is 2.24. The summed E-state index contributed by atoms with van der Waals surface area (Å²) in [6.07, 6.45) is 5.25. The van der Waals surface area contributed by atoms with Crippen LogP contribution in [-0.2, 0) is 7.05 Å². The van der Waals surface area contributed by atoms with Crippen molar-refractivity contribution in [3.05, 3.63) is 40.6 Å². The molecule has 134 valence electrons. The van der Waals surface area contributed by atoms with E-state index in [2.05, 4.69) is 39.1 Å². The van der Waals surface area contributed by atoms with Crippen LogP contribution >= 0.6 is 0 Å². The van der Waals surface area contributed by atoms with Gasteiger partial charge in [0.05, 0.1) is 0 Å². The quantitative estimate of drug-likeness (QED) is 0.897. The molecule has 0 saturated carbocycles. The molecule has 7 nitrogen and oxygen atoms in total. The summed E-state index contributed by atoms with van der Waals surface area (Å²) in [5, 5.41) is 7.86. The van der Waals surface area contributed by atoms with Crippen molar-refractivity contribution in [3.8, 4) is 0 Å². The maximum Gasteiger partial charge on any atom is 0.266 e. The Kier molecular flexibility index (Phi) is 5.31. The van der Waals surface area contributed by atoms with E-state index in [1.165, 1.54) is 11.1 Å². The van der Waals surface area contributed by atoms with Gasteiger partial charge in [0.15, 0.2) is 0 Å². The summed E-state index contributed by atoms with van der Waals surface area (Å²) >= 11 is 0. The Labute approximate surface area is 148 Å². The van der Waals surface area contributed by atoms with Crippen molar-refractivity contribution in [2.75, 3.05) is 23.3 Å². The third kappa shape index (κ3) is 4.15. The second-order valence-electron chi connectivity index (χ2n) is 6.83. The Morgan fingerprint density at radius 1 is 1.28 bits per heavy atom. The zero-order valence-electron chi connectivity index (χ0n) is 15.1. The van der Waals surface area contributed by atoms with Crippen LogP contribution in [0.3, 0.4) is 0 Å². The summed E-state index contributed by atoms with van der Waals surface area (Å²) in [5.41, 5.74) is -0.0855. The monoisotopic (exact) mass is 342 g/mol. The number of rotatable bonds is 5. The topological polar surface area (TPSA) is 75.9 Å².